The highest BCUT2D eigenvalue weighted by Crippen LogP contribution is 2.17. The van der Waals surface area contributed by atoms with Crippen molar-refractivity contribution in [2.75, 3.05) is 32.8 Å². The van der Waals surface area contributed by atoms with Gasteiger partial charge in [0, 0.05) is 13.1 Å². The van der Waals surface area contributed by atoms with Gasteiger partial charge in [0.05, 0.1) is 25.7 Å². The van der Waals surface area contributed by atoms with E-state index in [1.54, 1.807) is 0 Å². The third-order valence-corrected chi connectivity index (χ3v) is 2.63. The van der Waals surface area contributed by atoms with Gasteiger partial charge in [0.2, 0.25) is 5.91 Å². The van der Waals surface area contributed by atoms with E-state index >= 15 is 0 Å². The first kappa shape index (κ1) is 9.89. The van der Waals surface area contributed by atoms with Crippen molar-refractivity contribution in [1.29, 1.82) is 0 Å². The van der Waals surface area contributed by atoms with Gasteiger partial charge in [0.15, 0.2) is 5.79 Å². The Bertz CT molecular complexity index is 222. The second kappa shape index (κ2) is 3.84. The Morgan fingerprint density at radius 1 is 1.50 bits per heavy atom. The van der Waals surface area contributed by atoms with E-state index in [4.69, 9.17) is 9.47 Å². The van der Waals surface area contributed by atoms with E-state index in [2.05, 4.69) is 10.6 Å². The maximum atomic E-state index is 11.5. The van der Waals surface area contributed by atoms with Crippen molar-refractivity contribution >= 4 is 5.91 Å². The zero-order valence-electron chi connectivity index (χ0n) is 8.34. The van der Waals surface area contributed by atoms with Crippen LogP contribution in [0.5, 0.6) is 0 Å². The SMILES string of the molecule is CC1(CNC(=O)C2CNC2)OCCO1. The summed E-state index contributed by atoms with van der Waals surface area (Å²) in [5.74, 6) is -0.406. The van der Waals surface area contributed by atoms with E-state index in [1.165, 1.54) is 0 Å². The molecule has 80 valence electrons. The van der Waals surface area contributed by atoms with Crippen LogP contribution in [0.1, 0.15) is 6.92 Å². The standard InChI is InChI=1S/C9H16N2O3/c1-9(13-2-3-14-9)6-11-8(12)7-4-10-5-7/h7,10H,2-6H2,1H3,(H,11,12). The van der Waals surface area contributed by atoms with Gasteiger partial charge in [-0.15, -0.1) is 0 Å². The minimum atomic E-state index is -0.618. The Labute approximate surface area is 83.1 Å². The zero-order valence-corrected chi connectivity index (χ0v) is 8.34. The summed E-state index contributed by atoms with van der Waals surface area (Å²) in [4.78, 5) is 11.5. The molecule has 0 atom stereocenters. The zero-order chi connectivity index (χ0) is 10.0. The normalized spacial score (nSPS) is 25.8. The molecule has 14 heavy (non-hydrogen) atoms. The molecule has 2 aliphatic heterocycles. The lowest BCUT2D eigenvalue weighted by Gasteiger charge is -2.28. The van der Waals surface area contributed by atoms with Crippen LogP contribution < -0.4 is 10.6 Å². The summed E-state index contributed by atoms with van der Waals surface area (Å²) in [5.41, 5.74) is 0. The predicted molar refractivity (Wildman–Crippen MR) is 49.7 cm³/mol. The monoisotopic (exact) mass is 200 g/mol. The Morgan fingerprint density at radius 2 is 2.14 bits per heavy atom. The molecule has 2 rings (SSSR count). The third kappa shape index (κ3) is 2.05. The quantitative estimate of drug-likeness (QED) is 0.619. The van der Waals surface area contributed by atoms with E-state index in [1.807, 2.05) is 6.92 Å². The van der Waals surface area contributed by atoms with Crippen molar-refractivity contribution in [3.63, 3.8) is 0 Å². The van der Waals surface area contributed by atoms with Crippen LogP contribution in [0.4, 0.5) is 0 Å². The van der Waals surface area contributed by atoms with Gasteiger partial charge in [-0.3, -0.25) is 4.79 Å². The van der Waals surface area contributed by atoms with Crippen molar-refractivity contribution in [2.24, 2.45) is 5.92 Å². The van der Waals surface area contributed by atoms with Gasteiger partial charge in [-0.25, -0.2) is 0 Å². The molecule has 0 aromatic heterocycles. The van der Waals surface area contributed by atoms with Crippen LogP contribution in [0.2, 0.25) is 0 Å². The maximum Gasteiger partial charge on any atom is 0.225 e. The smallest absolute Gasteiger partial charge is 0.225 e. The second-order valence-electron chi connectivity index (χ2n) is 3.90. The van der Waals surface area contributed by atoms with Crippen molar-refractivity contribution in [2.45, 2.75) is 12.7 Å². The van der Waals surface area contributed by atoms with Crippen molar-refractivity contribution in [1.82, 2.24) is 10.6 Å². The van der Waals surface area contributed by atoms with Gasteiger partial charge in [-0.05, 0) is 6.92 Å². The number of carbonyl (C=O) groups excluding carboxylic acids is 1. The summed E-state index contributed by atoms with van der Waals surface area (Å²) in [6.45, 7) is 5.06. The lowest BCUT2D eigenvalue weighted by Crippen LogP contribution is -2.53. The van der Waals surface area contributed by atoms with E-state index in [0.717, 1.165) is 13.1 Å². The molecule has 0 bridgehead atoms. The van der Waals surface area contributed by atoms with E-state index < -0.39 is 5.79 Å². The van der Waals surface area contributed by atoms with E-state index in [0.29, 0.717) is 19.8 Å². The minimum Gasteiger partial charge on any atom is -0.350 e. The number of amides is 1. The van der Waals surface area contributed by atoms with Crippen molar-refractivity contribution < 1.29 is 14.3 Å². The fraction of sp³-hybridized carbons (Fsp3) is 0.889. The molecule has 2 fully saturated rings. The highest BCUT2D eigenvalue weighted by Gasteiger charge is 2.33. The molecule has 0 aromatic rings. The van der Waals surface area contributed by atoms with Gasteiger partial charge in [-0.2, -0.15) is 0 Å². The maximum absolute atomic E-state index is 11.5. The summed E-state index contributed by atoms with van der Waals surface area (Å²) < 4.78 is 10.7. The summed E-state index contributed by atoms with van der Waals surface area (Å²) >= 11 is 0. The average molecular weight is 200 g/mol. The Balaban J connectivity index is 1.72. The first-order valence-corrected chi connectivity index (χ1v) is 4.96. The largest absolute Gasteiger partial charge is 0.350 e. The molecule has 0 saturated carbocycles. The number of carbonyl (C=O) groups is 1. The summed E-state index contributed by atoms with van der Waals surface area (Å²) in [6.07, 6.45) is 0. The molecule has 5 heteroatoms. The van der Waals surface area contributed by atoms with Crippen LogP contribution in [0.3, 0.4) is 0 Å². The minimum absolute atomic E-state index is 0.0871. The molecule has 0 spiro atoms. The predicted octanol–water partition coefficient (Wildman–Crippen LogP) is -0.915. The number of hydrogen-bond acceptors (Lipinski definition) is 4. The molecule has 5 nitrogen and oxygen atoms in total. The molecule has 0 aromatic carbocycles. The van der Waals surface area contributed by atoms with Gasteiger partial charge in [0.25, 0.3) is 0 Å². The van der Waals surface area contributed by atoms with Crippen molar-refractivity contribution in [3.8, 4) is 0 Å². The van der Waals surface area contributed by atoms with Crippen molar-refractivity contribution in [3.05, 3.63) is 0 Å². The molecule has 2 saturated heterocycles. The number of ether oxygens (including phenoxy) is 2. The number of rotatable bonds is 3. The first-order chi connectivity index (χ1) is 6.70. The Morgan fingerprint density at radius 3 is 2.64 bits per heavy atom. The molecular formula is C9H16N2O3. The van der Waals surface area contributed by atoms with Crippen LogP contribution in [-0.2, 0) is 14.3 Å². The Hall–Kier alpha value is -0.650. The molecule has 0 aliphatic carbocycles. The van der Waals surface area contributed by atoms with Crippen LogP contribution in [0.15, 0.2) is 0 Å². The van der Waals surface area contributed by atoms with Gasteiger partial charge in [-0.1, -0.05) is 0 Å². The summed E-state index contributed by atoms with van der Waals surface area (Å²) in [5, 5.41) is 5.89. The lowest BCUT2D eigenvalue weighted by atomic mass is 10.0. The third-order valence-electron chi connectivity index (χ3n) is 2.63. The number of nitrogens with one attached hydrogen (secondary N) is 2. The lowest BCUT2D eigenvalue weighted by molar-refractivity contribution is -0.147. The molecule has 2 N–H and O–H groups in total. The van der Waals surface area contributed by atoms with E-state index in [9.17, 15) is 4.79 Å². The highest BCUT2D eigenvalue weighted by atomic mass is 16.7. The van der Waals surface area contributed by atoms with Gasteiger partial charge in [0.1, 0.15) is 0 Å². The van der Waals surface area contributed by atoms with Crippen LogP contribution in [0.25, 0.3) is 0 Å². The van der Waals surface area contributed by atoms with E-state index in [-0.39, 0.29) is 11.8 Å². The average Bonchev–Trinajstić information content (AvgIpc) is 2.47. The fourth-order valence-corrected chi connectivity index (χ4v) is 1.52. The number of hydrogen-bond donors (Lipinski definition) is 2. The molecule has 0 radical (unpaired) electrons. The molecule has 1 amide bonds. The van der Waals surface area contributed by atoms with Gasteiger partial charge < -0.3 is 20.1 Å². The highest BCUT2D eigenvalue weighted by molar-refractivity contribution is 5.80. The fourth-order valence-electron chi connectivity index (χ4n) is 1.52. The molecular weight excluding hydrogens is 184 g/mol. The molecule has 2 aliphatic rings. The summed E-state index contributed by atoms with van der Waals surface area (Å²) in [6, 6.07) is 0. The molecule has 0 unspecified atom stereocenters. The summed E-state index contributed by atoms with van der Waals surface area (Å²) in [7, 11) is 0. The first-order valence-electron chi connectivity index (χ1n) is 4.96. The van der Waals surface area contributed by atoms with Gasteiger partial charge >= 0.3 is 0 Å². The second-order valence-corrected chi connectivity index (χ2v) is 3.90. The van der Waals surface area contributed by atoms with Crippen LogP contribution in [0, 0.1) is 5.92 Å². The Kier molecular flexibility index (Phi) is 2.71. The molecule has 2 heterocycles. The van der Waals surface area contributed by atoms with Crippen LogP contribution in [-0.4, -0.2) is 44.5 Å². The van der Waals surface area contributed by atoms with Crippen LogP contribution >= 0.6 is 0 Å². The topological polar surface area (TPSA) is 59.6 Å².